The van der Waals surface area contributed by atoms with Crippen LogP contribution in [-0.4, -0.2) is 89.5 Å². The summed E-state index contributed by atoms with van der Waals surface area (Å²) in [7, 11) is 12.4. The van der Waals surface area contributed by atoms with Crippen molar-refractivity contribution in [2.75, 3.05) is 68.6 Å². The average molecular weight is 436 g/mol. The lowest BCUT2D eigenvalue weighted by molar-refractivity contribution is -0.870. The molecular weight excluding hydrogens is 400 g/mol. The summed E-state index contributed by atoms with van der Waals surface area (Å²) < 4.78 is 11.5. The summed E-state index contributed by atoms with van der Waals surface area (Å²) in [6.07, 6.45) is 0.939. The highest BCUT2D eigenvalue weighted by atomic mass is 79.9. The van der Waals surface area contributed by atoms with Gasteiger partial charge in [0, 0.05) is 12.8 Å². The van der Waals surface area contributed by atoms with Crippen molar-refractivity contribution in [2.24, 2.45) is 0 Å². The van der Waals surface area contributed by atoms with Crippen LogP contribution in [-0.2, 0) is 19.1 Å². The molecule has 0 fully saturated rings. The van der Waals surface area contributed by atoms with Crippen molar-refractivity contribution in [1.82, 2.24) is 0 Å². The number of nitrogens with zero attached hydrogens (tertiary/aromatic N) is 2. The molecule has 0 saturated carbocycles. The van der Waals surface area contributed by atoms with Crippen LogP contribution < -0.4 is 29.4 Å². The largest absolute Gasteiger partial charge is 1.00 e. The van der Waals surface area contributed by atoms with Crippen LogP contribution in [0.25, 0.3) is 0 Å². The van der Waals surface area contributed by atoms with Gasteiger partial charge in [-0.25, -0.2) is 0 Å². The summed E-state index contributed by atoms with van der Waals surface area (Å²) in [4.78, 5) is 21.3. The zero-order valence-electron chi connectivity index (χ0n) is 16.5. The minimum absolute atomic E-state index is 0. The van der Waals surface area contributed by atoms with Gasteiger partial charge in [0.1, 0.15) is 26.3 Å². The summed E-state index contributed by atoms with van der Waals surface area (Å²) in [5.41, 5.74) is 0. The molecule has 0 saturated heterocycles. The Bertz CT molecular complexity index is 297. The molecule has 0 radical (unpaired) electrons. The van der Waals surface area contributed by atoms with Crippen LogP contribution in [0.4, 0.5) is 0 Å². The first-order valence-electron chi connectivity index (χ1n) is 7.83. The zero-order chi connectivity index (χ0) is 17.8. The van der Waals surface area contributed by atoms with E-state index in [2.05, 4.69) is 42.3 Å². The number of quaternary nitrogens is 2. The molecule has 0 aromatic heterocycles. The fourth-order valence-corrected chi connectivity index (χ4v) is 1.07. The molecule has 0 N–H and O–H groups in total. The van der Waals surface area contributed by atoms with Crippen molar-refractivity contribution in [3.05, 3.63) is 0 Å². The minimum Gasteiger partial charge on any atom is -1.00 e. The molecule has 24 heavy (non-hydrogen) atoms. The number of ether oxygens (including phenoxy) is 2. The van der Waals surface area contributed by atoms with Crippen LogP contribution in [0.1, 0.15) is 26.7 Å². The molecule has 148 valence electrons. The van der Waals surface area contributed by atoms with Crippen LogP contribution >= 0.6 is 0 Å². The van der Waals surface area contributed by atoms with Crippen LogP contribution in [0.5, 0.6) is 0 Å². The summed E-state index contributed by atoms with van der Waals surface area (Å²) in [5, 5.41) is 0. The summed E-state index contributed by atoms with van der Waals surface area (Å²) in [6.45, 7) is 6.38. The fourth-order valence-electron chi connectivity index (χ4n) is 1.07. The lowest BCUT2D eigenvalue weighted by Crippen LogP contribution is -3.00. The van der Waals surface area contributed by atoms with E-state index in [1.165, 1.54) is 0 Å². The molecule has 0 amide bonds. The van der Waals surface area contributed by atoms with Gasteiger partial charge in [-0.3, -0.25) is 9.59 Å². The minimum atomic E-state index is -0.113. The number of rotatable bonds is 8. The molecular formula is C16H36BrClN2O4. The lowest BCUT2D eigenvalue weighted by Gasteiger charge is -2.23. The van der Waals surface area contributed by atoms with Gasteiger partial charge >= 0.3 is 11.9 Å². The molecule has 8 heteroatoms. The Hall–Kier alpha value is -0.370. The van der Waals surface area contributed by atoms with Gasteiger partial charge in [0.25, 0.3) is 0 Å². The van der Waals surface area contributed by atoms with Crippen LogP contribution in [0, 0.1) is 0 Å². The van der Waals surface area contributed by atoms with E-state index in [-0.39, 0.29) is 41.3 Å². The van der Waals surface area contributed by atoms with Crippen molar-refractivity contribution in [2.45, 2.75) is 26.7 Å². The van der Waals surface area contributed by atoms with Gasteiger partial charge in [-0.05, 0) is 0 Å². The molecule has 0 aromatic carbocycles. The van der Waals surface area contributed by atoms with E-state index in [4.69, 9.17) is 9.47 Å². The molecule has 0 aliphatic rings. The van der Waals surface area contributed by atoms with Gasteiger partial charge in [0.05, 0.1) is 42.3 Å². The highest BCUT2D eigenvalue weighted by Gasteiger charge is 2.08. The van der Waals surface area contributed by atoms with Crippen molar-refractivity contribution < 1.29 is 57.4 Å². The normalized spacial score (nSPS) is 10.3. The third-order valence-corrected chi connectivity index (χ3v) is 2.63. The summed E-state index contributed by atoms with van der Waals surface area (Å²) in [5.74, 6) is -0.225. The summed E-state index contributed by atoms with van der Waals surface area (Å²) in [6, 6.07) is 0. The predicted molar refractivity (Wildman–Crippen MR) is 88.3 cm³/mol. The SMILES string of the molecule is CCC(=O)OCC[N+](C)(C)C.CCC(=O)OCC[N+](C)(C)C.[Br-].[Cl-]. The van der Waals surface area contributed by atoms with Gasteiger partial charge < -0.3 is 47.8 Å². The number of hydrogen-bond acceptors (Lipinski definition) is 4. The zero-order valence-corrected chi connectivity index (χ0v) is 18.9. The second-order valence-corrected chi connectivity index (χ2v) is 7.18. The maximum atomic E-state index is 10.7. The van der Waals surface area contributed by atoms with E-state index in [1.807, 2.05) is 0 Å². The van der Waals surface area contributed by atoms with E-state index in [0.717, 1.165) is 22.1 Å². The molecule has 0 atom stereocenters. The van der Waals surface area contributed by atoms with Crippen LogP contribution in [0.2, 0.25) is 0 Å². The molecule has 0 unspecified atom stereocenters. The van der Waals surface area contributed by atoms with Gasteiger partial charge in [-0.1, -0.05) is 13.8 Å². The standard InChI is InChI=1S/2C8H18NO2.BrH.ClH/c2*1-5-8(10)11-7-6-9(2,3)4;;/h2*5-7H2,1-4H3;2*1H/q2*+1;;/p-2. The molecule has 0 rings (SSSR count). The Balaban J connectivity index is -0.000000154. The number of hydrogen-bond donors (Lipinski definition) is 0. The van der Waals surface area contributed by atoms with E-state index in [9.17, 15) is 9.59 Å². The first kappa shape index (κ1) is 31.4. The third kappa shape index (κ3) is 29.6. The van der Waals surface area contributed by atoms with Crippen LogP contribution in [0.15, 0.2) is 0 Å². The number of esters is 2. The van der Waals surface area contributed by atoms with Crippen molar-refractivity contribution in [1.29, 1.82) is 0 Å². The predicted octanol–water partition coefficient (Wildman–Crippen LogP) is -4.70. The maximum Gasteiger partial charge on any atom is 0.305 e. The third-order valence-electron chi connectivity index (χ3n) is 2.63. The molecule has 0 aromatic rings. The van der Waals surface area contributed by atoms with Gasteiger partial charge in [0.2, 0.25) is 0 Å². The number of halogens is 2. The lowest BCUT2D eigenvalue weighted by atomic mass is 10.5. The Labute approximate surface area is 164 Å². The molecule has 6 nitrogen and oxygen atoms in total. The van der Waals surface area contributed by atoms with E-state index in [0.29, 0.717) is 26.1 Å². The average Bonchev–Trinajstić information content (AvgIpc) is 2.36. The second-order valence-electron chi connectivity index (χ2n) is 7.18. The molecule has 0 heterocycles. The van der Waals surface area contributed by atoms with Crippen molar-refractivity contribution >= 4 is 11.9 Å². The van der Waals surface area contributed by atoms with Gasteiger partial charge in [-0.15, -0.1) is 0 Å². The molecule has 0 spiro atoms. The Morgan fingerprint density at radius 2 is 0.958 bits per heavy atom. The van der Waals surface area contributed by atoms with E-state index >= 15 is 0 Å². The fraction of sp³-hybridized carbons (Fsp3) is 0.875. The Morgan fingerprint density at radius 1 is 0.708 bits per heavy atom. The number of likely N-dealkylation sites (N-methyl/N-ethyl adjacent to an activating group) is 2. The van der Waals surface area contributed by atoms with Gasteiger partial charge in [-0.2, -0.15) is 0 Å². The number of carbonyl (C=O) groups is 2. The topological polar surface area (TPSA) is 52.6 Å². The Kier molecular flexibility index (Phi) is 21.1. The molecule has 0 aliphatic carbocycles. The quantitative estimate of drug-likeness (QED) is 0.284. The maximum absolute atomic E-state index is 10.7. The summed E-state index contributed by atoms with van der Waals surface area (Å²) >= 11 is 0. The smallest absolute Gasteiger partial charge is 0.305 e. The molecule has 0 aliphatic heterocycles. The second kappa shape index (κ2) is 16.1. The molecule has 0 bridgehead atoms. The highest BCUT2D eigenvalue weighted by molar-refractivity contribution is 5.69. The number of carbonyl (C=O) groups excluding carboxylic acids is 2. The van der Waals surface area contributed by atoms with Crippen molar-refractivity contribution in [3.63, 3.8) is 0 Å². The first-order valence-corrected chi connectivity index (χ1v) is 7.83. The highest BCUT2D eigenvalue weighted by Crippen LogP contribution is 1.92. The first-order chi connectivity index (χ1) is 9.91. The monoisotopic (exact) mass is 434 g/mol. The Morgan fingerprint density at radius 3 is 1.12 bits per heavy atom. The van der Waals surface area contributed by atoms with Crippen LogP contribution in [0.3, 0.4) is 0 Å². The van der Waals surface area contributed by atoms with E-state index < -0.39 is 0 Å². The van der Waals surface area contributed by atoms with Gasteiger partial charge in [0.15, 0.2) is 0 Å². The van der Waals surface area contributed by atoms with E-state index in [1.54, 1.807) is 13.8 Å². The van der Waals surface area contributed by atoms with Crippen molar-refractivity contribution in [3.8, 4) is 0 Å².